The van der Waals surface area contributed by atoms with Crippen molar-refractivity contribution in [1.29, 1.82) is 0 Å². The summed E-state index contributed by atoms with van der Waals surface area (Å²) >= 11 is 0. The molecule has 1 aliphatic rings. The summed E-state index contributed by atoms with van der Waals surface area (Å²) in [5.74, 6) is 1.00. The third-order valence-electron chi connectivity index (χ3n) is 5.67. The highest BCUT2D eigenvalue weighted by Crippen LogP contribution is 2.38. The zero-order chi connectivity index (χ0) is 23.1. The summed E-state index contributed by atoms with van der Waals surface area (Å²) in [7, 11) is 4.54. The van der Waals surface area contributed by atoms with Crippen LogP contribution in [-0.2, 0) is 11.3 Å². The van der Waals surface area contributed by atoms with Crippen LogP contribution in [0.4, 0.5) is 4.39 Å². The van der Waals surface area contributed by atoms with Crippen molar-refractivity contribution in [3.05, 3.63) is 53.3 Å². The lowest BCUT2D eigenvalue weighted by atomic mass is 9.92. The molecule has 1 N–H and O–H groups in total. The number of benzene rings is 2. The van der Waals surface area contributed by atoms with Crippen LogP contribution in [0.25, 0.3) is 0 Å². The summed E-state index contributed by atoms with van der Waals surface area (Å²) < 4.78 is 29.2. The summed E-state index contributed by atoms with van der Waals surface area (Å²) in [6.07, 6.45) is 1.87. The minimum Gasteiger partial charge on any atom is -0.493 e. The van der Waals surface area contributed by atoms with Gasteiger partial charge in [-0.15, -0.1) is 0 Å². The number of nitrogens with zero attached hydrogens (tertiary/aromatic N) is 1. The van der Waals surface area contributed by atoms with Crippen LogP contribution in [0.2, 0.25) is 0 Å². The van der Waals surface area contributed by atoms with Crippen LogP contribution in [0, 0.1) is 11.7 Å². The number of piperidine rings is 1. The standard InChI is InChI=1S/C24H29FN2O5/c1-30-20-13-18(14-21(31-2)23(20)32-3)24(29)27-9-7-16(8-10-27)12-22(28)26-15-17-5-4-6-19(25)11-17/h4-6,11,13-14,16H,7-10,12,15H2,1-3H3,(H,26,28). The molecule has 2 aromatic rings. The molecule has 0 aromatic heterocycles. The maximum absolute atomic E-state index is 13.2. The Morgan fingerprint density at radius 2 is 1.69 bits per heavy atom. The first-order chi connectivity index (χ1) is 15.4. The second-order valence-corrected chi connectivity index (χ2v) is 7.76. The molecule has 0 saturated carbocycles. The van der Waals surface area contributed by atoms with Crippen molar-refractivity contribution in [2.45, 2.75) is 25.8 Å². The van der Waals surface area contributed by atoms with Gasteiger partial charge in [0.25, 0.3) is 5.91 Å². The Labute approximate surface area is 187 Å². The molecule has 1 fully saturated rings. The van der Waals surface area contributed by atoms with Gasteiger partial charge in [-0.05, 0) is 48.6 Å². The van der Waals surface area contributed by atoms with Crippen molar-refractivity contribution in [3.63, 3.8) is 0 Å². The Morgan fingerprint density at radius 3 is 2.25 bits per heavy atom. The number of hydrogen-bond acceptors (Lipinski definition) is 5. The quantitative estimate of drug-likeness (QED) is 0.675. The molecule has 0 bridgehead atoms. The van der Waals surface area contributed by atoms with Crippen LogP contribution >= 0.6 is 0 Å². The molecular formula is C24H29FN2O5. The van der Waals surface area contributed by atoms with Crippen LogP contribution in [-0.4, -0.2) is 51.1 Å². The SMILES string of the molecule is COc1cc(C(=O)N2CCC(CC(=O)NCc3cccc(F)c3)CC2)cc(OC)c1OC. The van der Waals surface area contributed by atoms with Gasteiger partial charge in [0.1, 0.15) is 5.82 Å². The number of methoxy groups -OCH3 is 3. The Kier molecular flexibility index (Phi) is 7.92. The van der Waals surface area contributed by atoms with E-state index in [9.17, 15) is 14.0 Å². The highest BCUT2D eigenvalue weighted by Gasteiger charge is 2.26. The summed E-state index contributed by atoms with van der Waals surface area (Å²) in [6.45, 7) is 1.43. The summed E-state index contributed by atoms with van der Waals surface area (Å²) in [5, 5.41) is 2.84. The van der Waals surface area contributed by atoms with E-state index < -0.39 is 0 Å². The Bertz CT molecular complexity index is 932. The lowest BCUT2D eigenvalue weighted by Gasteiger charge is -2.32. The molecular weight excluding hydrogens is 415 g/mol. The van der Waals surface area contributed by atoms with Crippen LogP contribution in [0.1, 0.15) is 35.2 Å². The maximum atomic E-state index is 13.2. The van der Waals surface area contributed by atoms with Crippen LogP contribution in [0.5, 0.6) is 17.2 Å². The van der Waals surface area contributed by atoms with E-state index in [1.54, 1.807) is 29.2 Å². The fraction of sp³-hybridized carbons (Fsp3) is 0.417. The van der Waals surface area contributed by atoms with Crippen LogP contribution in [0.15, 0.2) is 36.4 Å². The summed E-state index contributed by atoms with van der Waals surface area (Å²) in [5.41, 5.74) is 1.19. The third-order valence-corrected chi connectivity index (χ3v) is 5.67. The molecule has 0 spiro atoms. The molecule has 2 amide bonds. The van der Waals surface area contributed by atoms with Gasteiger partial charge in [-0.25, -0.2) is 4.39 Å². The highest BCUT2D eigenvalue weighted by atomic mass is 19.1. The topological polar surface area (TPSA) is 77.1 Å². The molecule has 0 atom stereocenters. The predicted molar refractivity (Wildman–Crippen MR) is 118 cm³/mol. The largest absolute Gasteiger partial charge is 0.493 e. The minimum atomic E-state index is -0.319. The van der Waals surface area contributed by atoms with Gasteiger partial charge < -0.3 is 24.4 Å². The molecule has 0 radical (unpaired) electrons. The Hall–Kier alpha value is -3.29. The minimum absolute atomic E-state index is 0.0661. The molecule has 1 heterocycles. The lowest BCUT2D eigenvalue weighted by Crippen LogP contribution is -2.39. The number of hydrogen-bond donors (Lipinski definition) is 1. The first kappa shape index (κ1) is 23.4. The van der Waals surface area contributed by atoms with Crippen molar-refractivity contribution in [2.24, 2.45) is 5.92 Å². The van der Waals surface area contributed by atoms with E-state index in [0.717, 1.165) is 18.4 Å². The smallest absolute Gasteiger partial charge is 0.254 e. The van der Waals surface area contributed by atoms with Gasteiger partial charge in [-0.2, -0.15) is 0 Å². The van der Waals surface area contributed by atoms with Crippen molar-refractivity contribution in [2.75, 3.05) is 34.4 Å². The second-order valence-electron chi connectivity index (χ2n) is 7.76. The average molecular weight is 445 g/mol. The number of halogens is 1. The van der Waals surface area contributed by atoms with E-state index in [1.165, 1.54) is 33.5 Å². The number of nitrogens with one attached hydrogen (secondary N) is 1. The van der Waals surface area contributed by atoms with Crippen LogP contribution in [0.3, 0.4) is 0 Å². The van der Waals surface area contributed by atoms with Crippen molar-refractivity contribution in [1.82, 2.24) is 10.2 Å². The van der Waals surface area contributed by atoms with Gasteiger partial charge >= 0.3 is 0 Å². The number of ether oxygens (including phenoxy) is 3. The molecule has 32 heavy (non-hydrogen) atoms. The molecule has 7 nitrogen and oxygen atoms in total. The maximum Gasteiger partial charge on any atom is 0.254 e. The highest BCUT2D eigenvalue weighted by molar-refractivity contribution is 5.95. The van der Waals surface area contributed by atoms with Gasteiger partial charge in [0.05, 0.1) is 21.3 Å². The molecule has 1 aliphatic heterocycles. The molecule has 3 rings (SSSR count). The Morgan fingerprint density at radius 1 is 1.03 bits per heavy atom. The molecule has 0 unspecified atom stereocenters. The van der Waals surface area contributed by atoms with Crippen molar-refractivity contribution < 1.29 is 28.2 Å². The van der Waals surface area contributed by atoms with Gasteiger partial charge in [0.2, 0.25) is 11.7 Å². The van der Waals surface area contributed by atoms with Gasteiger partial charge in [-0.3, -0.25) is 9.59 Å². The van der Waals surface area contributed by atoms with Crippen molar-refractivity contribution in [3.8, 4) is 17.2 Å². The van der Waals surface area contributed by atoms with Gasteiger partial charge in [0.15, 0.2) is 11.5 Å². The first-order valence-electron chi connectivity index (χ1n) is 10.6. The predicted octanol–water partition coefficient (Wildman–Crippen LogP) is 3.41. The summed E-state index contributed by atoms with van der Waals surface area (Å²) in [6, 6.07) is 9.48. The molecule has 0 aliphatic carbocycles. The zero-order valence-corrected chi connectivity index (χ0v) is 18.7. The first-order valence-corrected chi connectivity index (χ1v) is 10.6. The number of amides is 2. The van der Waals surface area contributed by atoms with E-state index in [2.05, 4.69) is 5.32 Å². The van der Waals surface area contributed by atoms with Crippen LogP contribution < -0.4 is 19.5 Å². The number of carbonyl (C=O) groups excluding carboxylic acids is 2. The Balaban J connectivity index is 1.53. The molecule has 1 saturated heterocycles. The van der Waals surface area contributed by atoms with Gasteiger partial charge in [-0.1, -0.05) is 12.1 Å². The number of likely N-dealkylation sites (tertiary alicyclic amines) is 1. The number of carbonyl (C=O) groups is 2. The number of rotatable bonds is 8. The third kappa shape index (κ3) is 5.69. The van der Waals surface area contributed by atoms with E-state index in [4.69, 9.17) is 14.2 Å². The van der Waals surface area contributed by atoms with Gasteiger partial charge in [0, 0.05) is 31.6 Å². The fourth-order valence-corrected chi connectivity index (χ4v) is 3.91. The van der Waals surface area contributed by atoms with E-state index >= 15 is 0 Å². The average Bonchev–Trinajstić information content (AvgIpc) is 2.81. The van der Waals surface area contributed by atoms with E-state index in [1.807, 2.05) is 0 Å². The lowest BCUT2D eigenvalue weighted by molar-refractivity contribution is -0.122. The molecule has 2 aromatic carbocycles. The zero-order valence-electron chi connectivity index (χ0n) is 18.7. The molecule has 8 heteroatoms. The van der Waals surface area contributed by atoms with E-state index in [-0.39, 0.29) is 23.5 Å². The molecule has 172 valence electrons. The normalized spacial score (nSPS) is 14.1. The summed E-state index contributed by atoms with van der Waals surface area (Å²) in [4.78, 5) is 27.1. The van der Waals surface area contributed by atoms with Crippen molar-refractivity contribution >= 4 is 11.8 Å². The monoisotopic (exact) mass is 444 g/mol. The van der Waals surface area contributed by atoms with E-state index in [0.29, 0.717) is 48.9 Å². The second kappa shape index (κ2) is 10.8. The fourth-order valence-electron chi connectivity index (χ4n) is 3.91.